The maximum atomic E-state index is 12.9. The first-order chi connectivity index (χ1) is 11.5. The van der Waals surface area contributed by atoms with Crippen molar-refractivity contribution >= 4 is 53.0 Å². The molecule has 0 radical (unpaired) electrons. The molecule has 3 rings (SSSR count). The number of imidazole rings is 1. The van der Waals surface area contributed by atoms with E-state index in [0.717, 1.165) is 0 Å². The summed E-state index contributed by atoms with van der Waals surface area (Å²) < 4.78 is 7.40. The normalized spacial score (nSPS) is 11.5. The number of ketones is 1. The molecule has 8 heteroatoms. The summed E-state index contributed by atoms with van der Waals surface area (Å²) in [6, 6.07) is 11.4. The third-order valence-electron chi connectivity index (χ3n) is 3.28. The quantitative estimate of drug-likeness (QED) is 0.498. The zero-order valence-electron chi connectivity index (χ0n) is 12.6. The van der Waals surface area contributed by atoms with Crippen molar-refractivity contribution in [3.05, 3.63) is 81.8 Å². The minimum atomic E-state index is -0.952. The van der Waals surface area contributed by atoms with E-state index in [2.05, 4.69) is 4.98 Å². The molecule has 25 heavy (non-hydrogen) atoms. The van der Waals surface area contributed by atoms with Gasteiger partial charge in [0.1, 0.15) is 5.75 Å². The molecule has 0 amide bonds. The van der Waals surface area contributed by atoms with Gasteiger partial charge in [-0.1, -0.05) is 34.8 Å². The fourth-order valence-corrected chi connectivity index (χ4v) is 2.75. The number of aromatic nitrogens is 2. The lowest BCUT2D eigenvalue weighted by atomic mass is 10.1. The number of Topliss-reactive ketones (excluding diaryl/α,β-unsaturated/α-hetero) is 1. The second-order valence-corrected chi connectivity index (χ2v) is 6.20. The number of halogens is 4. The number of carbonyl (C=O) groups is 1. The van der Waals surface area contributed by atoms with E-state index in [1.807, 2.05) is 0 Å². The lowest BCUT2D eigenvalue weighted by molar-refractivity contribution is 0.0653. The van der Waals surface area contributed by atoms with E-state index in [4.69, 9.17) is 39.5 Å². The van der Waals surface area contributed by atoms with Gasteiger partial charge in [0.15, 0.2) is 0 Å². The van der Waals surface area contributed by atoms with E-state index >= 15 is 0 Å². The van der Waals surface area contributed by atoms with Gasteiger partial charge in [0.2, 0.25) is 12.0 Å². The Morgan fingerprint density at radius 1 is 1.04 bits per heavy atom. The number of benzene rings is 2. The van der Waals surface area contributed by atoms with Crippen molar-refractivity contribution in [1.29, 1.82) is 0 Å². The Morgan fingerprint density at radius 2 is 1.72 bits per heavy atom. The number of hydrogen-bond acceptors (Lipinski definition) is 3. The molecular formula is C17H12Cl4N2O2. The van der Waals surface area contributed by atoms with Gasteiger partial charge in [-0.05, 0) is 42.5 Å². The van der Waals surface area contributed by atoms with E-state index in [9.17, 15) is 4.79 Å². The molecule has 1 unspecified atom stereocenters. The number of carbonyl (C=O) groups excluding carboxylic acids is 1. The molecule has 0 bridgehead atoms. The molecule has 0 aliphatic heterocycles. The van der Waals surface area contributed by atoms with Crippen LogP contribution in [-0.4, -0.2) is 15.3 Å². The van der Waals surface area contributed by atoms with Crippen LogP contribution in [0.15, 0.2) is 61.2 Å². The molecule has 0 N–H and O–H groups in total. The van der Waals surface area contributed by atoms with Crippen LogP contribution in [0.1, 0.15) is 16.6 Å². The van der Waals surface area contributed by atoms with Gasteiger partial charge >= 0.3 is 0 Å². The third kappa shape index (κ3) is 4.67. The summed E-state index contributed by atoms with van der Waals surface area (Å²) >= 11 is 17.9. The maximum absolute atomic E-state index is 12.9. The predicted octanol–water partition coefficient (Wildman–Crippen LogP) is 5.73. The Morgan fingerprint density at radius 3 is 2.32 bits per heavy atom. The van der Waals surface area contributed by atoms with Gasteiger partial charge in [-0.15, -0.1) is 12.4 Å². The highest BCUT2D eigenvalue weighted by Gasteiger charge is 2.25. The molecule has 0 saturated heterocycles. The molecule has 0 spiro atoms. The summed E-state index contributed by atoms with van der Waals surface area (Å²) in [7, 11) is 0. The van der Waals surface area contributed by atoms with E-state index in [-0.39, 0.29) is 23.2 Å². The Bertz CT molecular complexity index is 852. The first-order valence-corrected chi connectivity index (χ1v) is 8.07. The number of nitrogens with zero attached hydrogens (tertiary/aromatic N) is 2. The minimum Gasteiger partial charge on any atom is -0.462 e. The Hall–Kier alpha value is -1.72. The predicted molar refractivity (Wildman–Crippen MR) is 101 cm³/mol. The van der Waals surface area contributed by atoms with Gasteiger partial charge < -0.3 is 4.74 Å². The van der Waals surface area contributed by atoms with Crippen molar-refractivity contribution in [1.82, 2.24) is 9.55 Å². The molecular weight excluding hydrogens is 406 g/mol. The molecule has 0 saturated carbocycles. The number of rotatable bonds is 5. The summed E-state index contributed by atoms with van der Waals surface area (Å²) in [5.41, 5.74) is 0.314. The zero-order chi connectivity index (χ0) is 17.1. The summed E-state index contributed by atoms with van der Waals surface area (Å²) in [6.45, 7) is 0. The SMILES string of the molecule is Cl.O=C(c1ccc(Cl)cc1Cl)C(Oc1ccc(Cl)cc1)n1ccnc1. The van der Waals surface area contributed by atoms with Crippen molar-refractivity contribution in [3.63, 3.8) is 0 Å². The highest BCUT2D eigenvalue weighted by molar-refractivity contribution is 6.37. The number of hydrogen-bond donors (Lipinski definition) is 0. The lowest BCUT2D eigenvalue weighted by Gasteiger charge is -2.20. The summed E-state index contributed by atoms with van der Waals surface area (Å²) in [4.78, 5) is 16.9. The minimum absolute atomic E-state index is 0. The summed E-state index contributed by atoms with van der Waals surface area (Å²) in [5, 5.41) is 1.29. The van der Waals surface area contributed by atoms with E-state index in [1.54, 1.807) is 53.4 Å². The van der Waals surface area contributed by atoms with Crippen molar-refractivity contribution in [3.8, 4) is 5.75 Å². The second kappa shape index (κ2) is 8.59. The fourth-order valence-electron chi connectivity index (χ4n) is 2.12. The van der Waals surface area contributed by atoms with Gasteiger partial charge in [0.05, 0.1) is 11.3 Å². The standard InChI is InChI=1S/C17H11Cl3N2O2.ClH/c18-11-1-4-13(5-2-11)24-17(22-8-7-21-10-22)16(23)14-6-3-12(19)9-15(14)20;/h1-10,17H;1H. The summed E-state index contributed by atoms with van der Waals surface area (Å²) in [6.07, 6.45) is 3.76. The van der Waals surface area contributed by atoms with Crippen LogP contribution in [0.5, 0.6) is 5.75 Å². The topological polar surface area (TPSA) is 44.1 Å². The maximum Gasteiger partial charge on any atom is 0.241 e. The van der Waals surface area contributed by atoms with Crippen molar-refractivity contribution in [2.75, 3.05) is 0 Å². The highest BCUT2D eigenvalue weighted by Crippen LogP contribution is 2.27. The average Bonchev–Trinajstić information content (AvgIpc) is 3.08. The van der Waals surface area contributed by atoms with Gasteiger partial charge in [0, 0.05) is 28.0 Å². The van der Waals surface area contributed by atoms with Crippen LogP contribution in [0.4, 0.5) is 0 Å². The van der Waals surface area contributed by atoms with Gasteiger partial charge in [-0.25, -0.2) is 4.98 Å². The van der Waals surface area contributed by atoms with Gasteiger partial charge in [0.25, 0.3) is 0 Å². The van der Waals surface area contributed by atoms with Crippen LogP contribution < -0.4 is 4.74 Å². The molecule has 1 atom stereocenters. The first-order valence-electron chi connectivity index (χ1n) is 6.93. The van der Waals surface area contributed by atoms with E-state index in [0.29, 0.717) is 21.4 Å². The van der Waals surface area contributed by atoms with Crippen molar-refractivity contribution < 1.29 is 9.53 Å². The molecule has 130 valence electrons. The van der Waals surface area contributed by atoms with Crippen LogP contribution in [0.3, 0.4) is 0 Å². The molecule has 3 aromatic rings. The Kier molecular flexibility index (Phi) is 6.73. The first kappa shape index (κ1) is 19.6. The molecule has 0 aliphatic rings. The Labute approximate surface area is 165 Å². The average molecular weight is 418 g/mol. The van der Waals surface area contributed by atoms with E-state index < -0.39 is 6.23 Å². The second-order valence-electron chi connectivity index (χ2n) is 4.92. The summed E-state index contributed by atoms with van der Waals surface area (Å²) in [5.74, 6) is 0.182. The van der Waals surface area contributed by atoms with Crippen LogP contribution in [0.25, 0.3) is 0 Å². The van der Waals surface area contributed by atoms with Crippen LogP contribution in [-0.2, 0) is 0 Å². The van der Waals surface area contributed by atoms with Crippen LogP contribution in [0.2, 0.25) is 15.1 Å². The molecule has 2 aromatic carbocycles. The number of ether oxygens (including phenoxy) is 1. The fraction of sp³-hybridized carbons (Fsp3) is 0.0588. The largest absolute Gasteiger partial charge is 0.462 e. The molecule has 1 heterocycles. The lowest BCUT2D eigenvalue weighted by Crippen LogP contribution is -2.24. The zero-order valence-corrected chi connectivity index (χ0v) is 15.7. The monoisotopic (exact) mass is 416 g/mol. The smallest absolute Gasteiger partial charge is 0.241 e. The molecule has 1 aromatic heterocycles. The van der Waals surface area contributed by atoms with Crippen LogP contribution in [0, 0.1) is 0 Å². The Balaban J connectivity index is 0.00000225. The molecule has 0 aliphatic carbocycles. The van der Waals surface area contributed by atoms with Crippen molar-refractivity contribution in [2.45, 2.75) is 6.23 Å². The van der Waals surface area contributed by atoms with Gasteiger partial charge in [-0.3, -0.25) is 9.36 Å². The van der Waals surface area contributed by atoms with E-state index in [1.165, 1.54) is 12.4 Å². The molecule has 4 nitrogen and oxygen atoms in total. The molecule has 0 fully saturated rings. The van der Waals surface area contributed by atoms with Crippen LogP contribution >= 0.6 is 47.2 Å². The highest BCUT2D eigenvalue weighted by atomic mass is 35.5. The van der Waals surface area contributed by atoms with Gasteiger partial charge in [-0.2, -0.15) is 0 Å². The van der Waals surface area contributed by atoms with Crippen molar-refractivity contribution in [2.24, 2.45) is 0 Å². The third-order valence-corrected chi connectivity index (χ3v) is 4.08.